The Labute approximate surface area is 202 Å². The van der Waals surface area contributed by atoms with E-state index in [9.17, 15) is 14.0 Å². The van der Waals surface area contributed by atoms with Crippen molar-refractivity contribution in [2.75, 3.05) is 18.8 Å². The maximum atomic E-state index is 14.5. The first kappa shape index (κ1) is 25.2. The number of nitrogens with zero attached hydrogens (tertiary/aromatic N) is 3. The van der Waals surface area contributed by atoms with Crippen LogP contribution in [0.5, 0.6) is 0 Å². The summed E-state index contributed by atoms with van der Waals surface area (Å²) in [6.07, 6.45) is 1.21. The third-order valence-electron chi connectivity index (χ3n) is 5.70. The van der Waals surface area contributed by atoms with Crippen molar-refractivity contribution in [3.63, 3.8) is 0 Å². The molecule has 3 rings (SSSR count). The average molecular weight is 490 g/mol. The Morgan fingerprint density at radius 1 is 1.38 bits per heavy atom. The molecule has 0 aliphatic carbocycles. The number of rotatable bonds is 6. The molecule has 0 saturated carbocycles. The van der Waals surface area contributed by atoms with Crippen LogP contribution < -0.4 is 16.4 Å². The van der Waals surface area contributed by atoms with Gasteiger partial charge in [0, 0.05) is 36.4 Å². The molecule has 182 valence electrons. The number of hydrogen-bond acceptors (Lipinski definition) is 5. The van der Waals surface area contributed by atoms with E-state index in [0.29, 0.717) is 29.4 Å². The van der Waals surface area contributed by atoms with E-state index in [1.807, 2.05) is 20.8 Å². The van der Waals surface area contributed by atoms with Gasteiger partial charge in [-0.25, -0.2) is 4.98 Å². The highest BCUT2D eigenvalue weighted by atomic mass is 35.5. The first-order valence-electron chi connectivity index (χ1n) is 10.7. The normalized spacial score (nSPS) is 13.9. The second-order valence-corrected chi connectivity index (χ2v) is 9.65. The molecule has 1 fully saturated rings. The molecular weight excluding hydrogens is 461 g/mol. The van der Waals surface area contributed by atoms with Crippen LogP contribution in [0.2, 0.25) is 5.02 Å². The molecule has 0 radical (unpaired) electrons. The number of aromatic nitrogens is 2. The van der Waals surface area contributed by atoms with Crippen LogP contribution in [0.1, 0.15) is 48.2 Å². The van der Waals surface area contributed by atoms with Crippen molar-refractivity contribution >= 4 is 34.9 Å². The van der Waals surface area contributed by atoms with E-state index in [0.717, 1.165) is 5.56 Å². The van der Waals surface area contributed by atoms with Gasteiger partial charge in [-0.2, -0.15) is 4.39 Å². The number of carbonyl (C=O) groups is 2. The topological polar surface area (TPSA) is 129 Å². The largest absolute Gasteiger partial charge is 0.398 e. The van der Waals surface area contributed by atoms with E-state index in [-0.39, 0.29) is 41.3 Å². The molecule has 5 N–H and O–H groups in total. The minimum atomic E-state index is -0.914. The number of hydrogen-bond donors (Lipinski definition) is 4. The second kappa shape index (κ2) is 9.46. The van der Waals surface area contributed by atoms with Gasteiger partial charge in [-0.1, -0.05) is 39.0 Å². The molecule has 0 atom stereocenters. The lowest BCUT2D eigenvalue weighted by Gasteiger charge is -2.38. The third kappa shape index (κ3) is 5.06. The van der Waals surface area contributed by atoms with Gasteiger partial charge in [0.25, 0.3) is 5.91 Å². The predicted molar refractivity (Wildman–Crippen MR) is 129 cm³/mol. The van der Waals surface area contributed by atoms with Gasteiger partial charge in [-0.05, 0) is 29.2 Å². The van der Waals surface area contributed by atoms with Crippen molar-refractivity contribution < 1.29 is 14.0 Å². The fraction of sp³-hybridized carbons (Fsp3) is 0.391. The summed E-state index contributed by atoms with van der Waals surface area (Å²) in [5.41, 5.74) is 7.25. The SMILES string of the molecule is C=CC(=O)N1CC(NC(=O)c2c(F)nc(CNC(=N)c3cc(C(C)(C)C)c(Cl)cc3N)n2C)C1. The maximum Gasteiger partial charge on any atom is 0.273 e. The highest BCUT2D eigenvalue weighted by molar-refractivity contribution is 6.32. The molecule has 1 saturated heterocycles. The smallest absolute Gasteiger partial charge is 0.273 e. The van der Waals surface area contributed by atoms with Crippen LogP contribution >= 0.6 is 11.6 Å². The summed E-state index contributed by atoms with van der Waals surface area (Å²) in [7, 11) is 1.52. The quantitative estimate of drug-likeness (QED) is 0.214. The number of carbonyl (C=O) groups excluding carboxylic acids is 2. The van der Waals surface area contributed by atoms with Gasteiger partial charge in [-0.3, -0.25) is 15.0 Å². The average Bonchev–Trinajstić information content (AvgIpc) is 3.00. The maximum absolute atomic E-state index is 14.5. The van der Waals surface area contributed by atoms with Crippen LogP contribution in [0.25, 0.3) is 0 Å². The van der Waals surface area contributed by atoms with Crippen LogP contribution in [0.3, 0.4) is 0 Å². The molecule has 1 aliphatic rings. The predicted octanol–water partition coefficient (Wildman–Crippen LogP) is 2.33. The molecule has 1 aromatic carbocycles. The number of nitrogen functional groups attached to an aromatic ring is 1. The number of nitrogens with two attached hydrogens (primary N) is 1. The van der Waals surface area contributed by atoms with Gasteiger partial charge in [-0.15, -0.1) is 0 Å². The summed E-state index contributed by atoms with van der Waals surface area (Å²) in [6, 6.07) is 3.11. The van der Waals surface area contributed by atoms with Gasteiger partial charge >= 0.3 is 0 Å². The van der Waals surface area contributed by atoms with Crippen molar-refractivity contribution in [2.45, 2.75) is 38.8 Å². The zero-order valence-corrected chi connectivity index (χ0v) is 20.4. The van der Waals surface area contributed by atoms with E-state index < -0.39 is 11.9 Å². The fourth-order valence-corrected chi connectivity index (χ4v) is 4.14. The third-order valence-corrected chi connectivity index (χ3v) is 6.02. The molecular formula is C23H29ClFN7O2. The second-order valence-electron chi connectivity index (χ2n) is 9.24. The van der Waals surface area contributed by atoms with Crippen LogP contribution in [0.4, 0.5) is 10.1 Å². The number of halogens is 2. The first-order valence-corrected chi connectivity index (χ1v) is 11.1. The molecule has 2 amide bonds. The van der Waals surface area contributed by atoms with Crippen LogP contribution in [-0.2, 0) is 23.8 Å². The van der Waals surface area contributed by atoms with Gasteiger partial charge in [0.15, 0.2) is 5.69 Å². The lowest BCUT2D eigenvalue weighted by molar-refractivity contribution is -0.130. The van der Waals surface area contributed by atoms with Crippen molar-refractivity contribution in [2.24, 2.45) is 7.05 Å². The minimum absolute atomic E-state index is 0.00249. The summed E-state index contributed by atoms with van der Waals surface area (Å²) in [4.78, 5) is 29.5. The number of benzene rings is 1. The summed E-state index contributed by atoms with van der Waals surface area (Å²) in [5.74, 6) is -1.50. The minimum Gasteiger partial charge on any atom is -0.398 e. The monoisotopic (exact) mass is 489 g/mol. The Bertz CT molecular complexity index is 1160. The van der Waals surface area contributed by atoms with Crippen LogP contribution in [0.15, 0.2) is 24.8 Å². The molecule has 2 heterocycles. The molecule has 1 aliphatic heterocycles. The summed E-state index contributed by atoms with van der Waals surface area (Å²) in [6.45, 7) is 10.1. The van der Waals surface area contributed by atoms with E-state index in [1.165, 1.54) is 22.6 Å². The molecule has 2 aromatic rings. The molecule has 0 unspecified atom stereocenters. The lowest BCUT2D eigenvalue weighted by Crippen LogP contribution is -2.60. The highest BCUT2D eigenvalue weighted by Crippen LogP contribution is 2.33. The zero-order chi connectivity index (χ0) is 25.4. The summed E-state index contributed by atoms with van der Waals surface area (Å²) in [5, 5.41) is 14.5. The fourth-order valence-electron chi connectivity index (χ4n) is 3.69. The number of amides is 2. The zero-order valence-electron chi connectivity index (χ0n) is 19.6. The van der Waals surface area contributed by atoms with Gasteiger partial charge in [0.1, 0.15) is 11.7 Å². The standard InChI is InChI=1S/C23H29ClFN7O2/c1-6-18(33)32-10-12(11-32)29-22(34)19-20(25)30-17(31(19)5)9-28-21(27)13-7-14(23(2,3)4)15(24)8-16(13)26/h6-8,12H,1,9-11,26H2,2-5H3,(H2,27,28)(H,29,34). The number of amidine groups is 1. The lowest BCUT2D eigenvalue weighted by atomic mass is 9.85. The molecule has 1 aromatic heterocycles. The Balaban J connectivity index is 1.68. The van der Waals surface area contributed by atoms with E-state index in [1.54, 1.807) is 12.1 Å². The Morgan fingerprint density at radius 3 is 2.62 bits per heavy atom. The summed E-state index contributed by atoms with van der Waals surface area (Å²) >= 11 is 6.33. The number of likely N-dealkylation sites (tertiary alicyclic amines) is 1. The molecule has 0 bridgehead atoms. The van der Waals surface area contributed by atoms with E-state index >= 15 is 0 Å². The van der Waals surface area contributed by atoms with Gasteiger partial charge < -0.3 is 25.8 Å². The number of anilines is 1. The van der Waals surface area contributed by atoms with Gasteiger partial charge in [0.05, 0.1) is 12.6 Å². The van der Waals surface area contributed by atoms with E-state index in [4.69, 9.17) is 22.7 Å². The molecule has 0 spiro atoms. The number of imidazole rings is 1. The van der Waals surface area contributed by atoms with Crippen LogP contribution in [0, 0.1) is 11.4 Å². The van der Waals surface area contributed by atoms with E-state index in [2.05, 4.69) is 22.2 Å². The molecule has 9 nitrogen and oxygen atoms in total. The highest BCUT2D eigenvalue weighted by Gasteiger charge is 2.32. The van der Waals surface area contributed by atoms with Crippen molar-refractivity contribution in [3.8, 4) is 0 Å². The van der Waals surface area contributed by atoms with Crippen LogP contribution in [-0.4, -0.2) is 51.2 Å². The summed E-state index contributed by atoms with van der Waals surface area (Å²) < 4.78 is 15.8. The Morgan fingerprint density at radius 2 is 2.03 bits per heavy atom. The Hall–Kier alpha value is -3.40. The molecule has 11 heteroatoms. The number of nitrogens with one attached hydrogen (secondary N) is 3. The van der Waals surface area contributed by atoms with Crippen molar-refractivity contribution in [3.05, 3.63) is 58.4 Å². The first-order chi connectivity index (χ1) is 15.8. The van der Waals surface area contributed by atoms with Crippen molar-refractivity contribution in [1.82, 2.24) is 25.1 Å². The van der Waals surface area contributed by atoms with Gasteiger partial charge in [0.2, 0.25) is 11.9 Å². The molecule has 34 heavy (non-hydrogen) atoms. The van der Waals surface area contributed by atoms with Crippen molar-refractivity contribution in [1.29, 1.82) is 5.41 Å². The Kier molecular flexibility index (Phi) is 7.02.